The number of hydrogen-bond donors (Lipinski definition) is 0. The van der Waals surface area contributed by atoms with Crippen LogP contribution in [-0.4, -0.2) is 48.9 Å². The molecule has 0 aromatic heterocycles. The zero-order chi connectivity index (χ0) is 16.7. The molecule has 0 N–H and O–H groups in total. The van der Waals surface area contributed by atoms with Crippen molar-refractivity contribution >= 4 is 17.5 Å². The summed E-state index contributed by atoms with van der Waals surface area (Å²) >= 11 is 5.80. The first-order valence-electron chi connectivity index (χ1n) is 8.26. The van der Waals surface area contributed by atoms with Gasteiger partial charge in [-0.3, -0.25) is 4.79 Å². The van der Waals surface area contributed by atoms with Crippen molar-refractivity contribution in [2.24, 2.45) is 11.8 Å². The van der Waals surface area contributed by atoms with Gasteiger partial charge in [0.25, 0.3) is 5.91 Å². The molecule has 3 rings (SSSR count). The predicted molar refractivity (Wildman–Crippen MR) is 90.2 cm³/mol. The van der Waals surface area contributed by atoms with E-state index in [-0.39, 0.29) is 22.5 Å². The maximum Gasteiger partial charge on any atom is 0.256 e. The number of carbonyl (C=O) groups excluding carboxylic acids is 1. The van der Waals surface area contributed by atoms with E-state index in [1.165, 1.54) is 25.0 Å². The zero-order valence-electron chi connectivity index (χ0n) is 13.9. The molecule has 23 heavy (non-hydrogen) atoms. The minimum Gasteiger partial charge on any atom is -0.339 e. The molecular weight excluding hydrogens is 315 g/mol. The van der Waals surface area contributed by atoms with Gasteiger partial charge in [0.05, 0.1) is 10.6 Å². The summed E-state index contributed by atoms with van der Waals surface area (Å²) in [5, 5.41) is 0.00126. The third kappa shape index (κ3) is 3.11. The second-order valence-electron chi connectivity index (χ2n) is 7.25. The van der Waals surface area contributed by atoms with Crippen LogP contribution in [0.2, 0.25) is 5.02 Å². The van der Waals surface area contributed by atoms with Crippen LogP contribution in [-0.2, 0) is 0 Å². The molecule has 0 spiro atoms. The highest BCUT2D eigenvalue weighted by Crippen LogP contribution is 2.46. The van der Waals surface area contributed by atoms with Crippen LogP contribution in [0.1, 0.15) is 36.0 Å². The van der Waals surface area contributed by atoms with Crippen molar-refractivity contribution in [2.45, 2.75) is 37.8 Å². The topological polar surface area (TPSA) is 23.6 Å². The summed E-state index contributed by atoms with van der Waals surface area (Å²) in [5.74, 6) is 0.495. The van der Waals surface area contributed by atoms with Crippen molar-refractivity contribution in [1.29, 1.82) is 0 Å². The maximum atomic E-state index is 14.1. The van der Waals surface area contributed by atoms with Crippen LogP contribution >= 0.6 is 11.6 Å². The van der Waals surface area contributed by atoms with Gasteiger partial charge in [0.15, 0.2) is 5.82 Å². The molecule has 0 aliphatic heterocycles. The number of nitrogens with zero attached hydrogens (tertiary/aromatic N) is 2. The van der Waals surface area contributed by atoms with E-state index < -0.39 is 5.82 Å². The molecule has 0 saturated heterocycles. The van der Waals surface area contributed by atoms with E-state index in [0.717, 1.165) is 12.8 Å². The van der Waals surface area contributed by atoms with Gasteiger partial charge in [0.1, 0.15) is 0 Å². The van der Waals surface area contributed by atoms with Gasteiger partial charge in [-0.05, 0) is 63.7 Å². The Balaban J connectivity index is 1.67. The highest BCUT2D eigenvalue weighted by molar-refractivity contribution is 6.31. The van der Waals surface area contributed by atoms with Crippen molar-refractivity contribution in [2.75, 3.05) is 21.1 Å². The summed E-state index contributed by atoms with van der Waals surface area (Å²) < 4.78 is 14.1. The summed E-state index contributed by atoms with van der Waals surface area (Å²) in [6, 6.07) is 5.47. The molecule has 2 aliphatic carbocycles. The van der Waals surface area contributed by atoms with Gasteiger partial charge in [-0.15, -0.1) is 0 Å². The van der Waals surface area contributed by atoms with Gasteiger partial charge >= 0.3 is 0 Å². The van der Waals surface area contributed by atoms with E-state index in [4.69, 9.17) is 11.6 Å². The Bertz CT molecular complexity index is 593. The molecule has 2 fully saturated rings. The van der Waals surface area contributed by atoms with Crippen molar-refractivity contribution < 1.29 is 9.18 Å². The second kappa shape index (κ2) is 6.40. The highest BCUT2D eigenvalue weighted by atomic mass is 35.5. The molecule has 1 aromatic carbocycles. The van der Waals surface area contributed by atoms with Crippen LogP contribution in [0.5, 0.6) is 0 Å². The lowest BCUT2D eigenvalue weighted by Crippen LogP contribution is -2.37. The number of rotatable bonds is 3. The lowest BCUT2D eigenvalue weighted by atomic mass is 10.0. The summed E-state index contributed by atoms with van der Waals surface area (Å²) in [6.45, 7) is 0. The molecule has 4 atom stereocenters. The first-order valence-corrected chi connectivity index (χ1v) is 8.64. The zero-order valence-corrected chi connectivity index (χ0v) is 14.7. The van der Waals surface area contributed by atoms with Gasteiger partial charge in [-0.1, -0.05) is 17.7 Å². The molecule has 2 unspecified atom stereocenters. The summed E-state index contributed by atoms with van der Waals surface area (Å²) in [4.78, 5) is 16.6. The summed E-state index contributed by atoms with van der Waals surface area (Å²) in [6.07, 6.45) is 4.47. The maximum absolute atomic E-state index is 14.1. The van der Waals surface area contributed by atoms with Crippen LogP contribution in [0.15, 0.2) is 18.2 Å². The molecule has 2 aliphatic rings. The first kappa shape index (κ1) is 16.7. The lowest BCUT2D eigenvalue weighted by molar-refractivity contribution is 0.0721. The van der Waals surface area contributed by atoms with Gasteiger partial charge < -0.3 is 9.80 Å². The largest absolute Gasteiger partial charge is 0.339 e. The van der Waals surface area contributed by atoms with Gasteiger partial charge in [-0.2, -0.15) is 0 Å². The quantitative estimate of drug-likeness (QED) is 0.839. The Hall–Kier alpha value is -1.13. The van der Waals surface area contributed by atoms with E-state index in [2.05, 4.69) is 19.0 Å². The lowest BCUT2D eigenvalue weighted by Gasteiger charge is -2.27. The minimum absolute atomic E-state index is 0.00126. The van der Waals surface area contributed by atoms with E-state index in [0.29, 0.717) is 17.9 Å². The standard InChI is InChI=1S/C18H24ClFN2O/c1-21(2)13-7-11-9-14(10-12(11)8-13)22(3)18(23)15-5-4-6-16(19)17(15)20/h4-6,11-14H,7-10H2,1-3H3/t11-,12+,13?,14?. The number of amides is 1. The fourth-order valence-electron chi connectivity index (χ4n) is 4.32. The van der Waals surface area contributed by atoms with Crippen LogP contribution < -0.4 is 0 Å². The normalized spacial score (nSPS) is 29.8. The molecule has 0 heterocycles. The molecule has 1 aromatic rings. The average molecular weight is 339 g/mol. The van der Waals surface area contributed by atoms with Crippen molar-refractivity contribution in [3.63, 3.8) is 0 Å². The highest BCUT2D eigenvalue weighted by Gasteiger charge is 2.44. The molecule has 1 amide bonds. The molecular formula is C18H24ClFN2O. The Morgan fingerprint density at radius 1 is 1.09 bits per heavy atom. The van der Waals surface area contributed by atoms with Crippen LogP contribution in [0.4, 0.5) is 4.39 Å². The molecule has 2 saturated carbocycles. The van der Waals surface area contributed by atoms with Gasteiger partial charge in [0.2, 0.25) is 0 Å². The average Bonchev–Trinajstić information content (AvgIpc) is 3.07. The van der Waals surface area contributed by atoms with Crippen LogP contribution in [0, 0.1) is 17.7 Å². The Morgan fingerprint density at radius 2 is 1.65 bits per heavy atom. The van der Waals surface area contributed by atoms with E-state index in [1.54, 1.807) is 18.0 Å². The fraction of sp³-hybridized carbons (Fsp3) is 0.611. The fourth-order valence-corrected chi connectivity index (χ4v) is 4.49. The number of fused-ring (bicyclic) bond motifs is 1. The third-order valence-corrected chi connectivity index (χ3v) is 6.04. The summed E-state index contributed by atoms with van der Waals surface area (Å²) in [7, 11) is 6.07. The third-order valence-electron chi connectivity index (χ3n) is 5.75. The Labute approximate surface area is 142 Å². The Morgan fingerprint density at radius 3 is 2.22 bits per heavy atom. The minimum atomic E-state index is -0.614. The van der Waals surface area contributed by atoms with Gasteiger partial charge in [0, 0.05) is 19.1 Å². The number of carbonyl (C=O) groups is 1. The molecule has 126 valence electrons. The smallest absolute Gasteiger partial charge is 0.256 e. The molecule has 3 nitrogen and oxygen atoms in total. The second-order valence-corrected chi connectivity index (χ2v) is 7.66. The van der Waals surface area contributed by atoms with Crippen molar-refractivity contribution in [3.8, 4) is 0 Å². The SMILES string of the molecule is CN(C)C1C[C@@H]2CC(N(C)C(=O)c3cccc(Cl)c3F)C[C@@H]2C1. The molecule has 0 bridgehead atoms. The molecule has 0 radical (unpaired) electrons. The van der Waals surface area contributed by atoms with Crippen LogP contribution in [0.3, 0.4) is 0 Å². The predicted octanol–water partition coefficient (Wildman–Crippen LogP) is 3.67. The number of halogens is 2. The van der Waals surface area contributed by atoms with E-state index in [9.17, 15) is 9.18 Å². The van der Waals surface area contributed by atoms with Crippen LogP contribution in [0.25, 0.3) is 0 Å². The Kier molecular flexibility index (Phi) is 4.65. The molecule has 5 heteroatoms. The van der Waals surface area contributed by atoms with Gasteiger partial charge in [-0.25, -0.2) is 4.39 Å². The van der Waals surface area contributed by atoms with Crippen molar-refractivity contribution in [3.05, 3.63) is 34.6 Å². The van der Waals surface area contributed by atoms with E-state index >= 15 is 0 Å². The monoisotopic (exact) mass is 338 g/mol. The first-order chi connectivity index (χ1) is 10.9. The van der Waals surface area contributed by atoms with E-state index in [1.807, 2.05) is 0 Å². The van der Waals surface area contributed by atoms with Crippen molar-refractivity contribution in [1.82, 2.24) is 9.80 Å². The summed E-state index contributed by atoms with van der Waals surface area (Å²) in [5.41, 5.74) is 0.0724. The number of benzene rings is 1. The number of hydrogen-bond acceptors (Lipinski definition) is 2.